The van der Waals surface area contributed by atoms with E-state index in [9.17, 15) is 18.0 Å². The third-order valence-corrected chi connectivity index (χ3v) is 3.58. The molecular weight excluding hydrogens is 269 g/mol. The van der Waals surface area contributed by atoms with Crippen LogP contribution < -0.4 is 10.2 Å². The van der Waals surface area contributed by atoms with Gasteiger partial charge in [0.15, 0.2) is 24.0 Å². The van der Waals surface area contributed by atoms with Gasteiger partial charge >= 0.3 is 0 Å². The van der Waals surface area contributed by atoms with Crippen LogP contribution in [0.2, 0.25) is 0 Å². The normalized spacial score (nSPS) is 22.6. The second kappa shape index (κ2) is 6.26. The average molecular weight is 287 g/mol. The summed E-state index contributed by atoms with van der Waals surface area (Å²) in [6, 6.07) is 1.82. The summed E-state index contributed by atoms with van der Waals surface area (Å²) in [5.41, 5.74) is -0.321. The maximum Gasteiger partial charge on any atom is 0.279 e. The molecule has 0 spiro atoms. The largest absolute Gasteiger partial charge is 0.327 e. The van der Waals surface area contributed by atoms with Gasteiger partial charge in [-0.05, 0) is 25.0 Å². The van der Waals surface area contributed by atoms with Crippen LogP contribution in [0.1, 0.15) is 19.8 Å². The predicted octanol–water partition coefficient (Wildman–Crippen LogP) is 1.36. The molecule has 0 saturated carbocycles. The number of likely N-dealkylation sites (tertiary alicyclic amines) is 1. The summed E-state index contributed by atoms with van der Waals surface area (Å²) in [7, 11) is 0. The molecule has 1 fully saturated rings. The Kier molecular flexibility index (Phi) is 4.65. The number of carbonyl (C=O) groups excluding carboxylic acids is 1. The molecule has 1 aromatic carbocycles. The molecule has 0 aliphatic carbocycles. The van der Waals surface area contributed by atoms with Gasteiger partial charge in [0.1, 0.15) is 0 Å². The van der Waals surface area contributed by atoms with Crippen LogP contribution in [-0.2, 0) is 4.79 Å². The lowest BCUT2D eigenvalue weighted by Gasteiger charge is -2.27. The second-order valence-corrected chi connectivity index (χ2v) is 5.40. The van der Waals surface area contributed by atoms with E-state index < -0.39 is 17.5 Å². The average Bonchev–Trinajstić information content (AvgIpc) is 2.39. The molecule has 1 heterocycles. The number of hydrogen-bond acceptors (Lipinski definition) is 1. The summed E-state index contributed by atoms with van der Waals surface area (Å²) in [6.45, 7) is 4.14. The number of hydrogen-bond donors (Lipinski definition) is 2. The Morgan fingerprint density at radius 1 is 1.35 bits per heavy atom. The SMILES string of the molecule is C[C@@H]1CCC[NH+](CC(=O)Nc2ccc(F)c(F)c2F)C1. The van der Waals surface area contributed by atoms with E-state index in [2.05, 4.69) is 12.2 Å². The molecule has 1 unspecified atom stereocenters. The molecule has 6 heteroatoms. The monoisotopic (exact) mass is 287 g/mol. The van der Waals surface area contributed by atoms with Crippen molar-refractivity contribution >= 4 is 11.6 Å². The Hall–Kier alpha value is -1.56. The fraction of sp³-hybridized carbons (Fsp3) is 0.500. The van der Waals surface area contributed by atoms with Crippen LogP contribution in [-0.4, -0.2) is 25.5 Å². The first-order valence-electron chi connectivity index (χ1n) is 6.74. The molecule has 3 nitrogen and oxygen atoms in total. The van der Waals surface area contributed by atoms with Crippen LogP contribution in [0.25, 0.3) is 0 Å². The first-order chi connectivity index (χ1) is 9.47. The standard InChI is InChI=1S/C14H17F3N2O/c1-9-3-2-6-19(7-9)8-12(20)18-11-5-4-10(15)13(16)14(11)17/h4-5,9H,2-3,6-8H2,1H3,(H,18,20)/p+1/t9-/m1/s1. The highest BCUT2D eigenvalue weighted by Crippen LogP contribution is 2.19. The third-order valence-electron chi connectivity index (χ3n) is 3.58. The fourth-order valence-corrected chi connectivity index (χ4v) is 2.60. The van der Waals surface area contributed by atoms with Crippen LogP contribution in [0.15, 0.2) is 12.1 Å². The molecule has 0 bridgehead atoms. The van der Waals surface area contributed by atoms with Crippen molar-refractivity contribution in [2.45, 2.75) is 19.8 Å². The van der Waals surface area contributed by atoms with Crippen molar-refractivity contribution in [2.75, 3.05) is 25.0 Å². The molecule has 20 heavy (non-hydrogen) atoms. The lowest BCUT2D eigenvalue weighted by atomic mass is 10.0. The van der Waals surface area contributed by atoms with Gasteiger partial charge in [0.05, 0.1) is 18.8 Å². The molecule has 1 aromatic rings. The zero-order valence-corrected chi connectivity index (χ0v) is 11.3. The van der Waals surface area contributed by atoms with Gasteiger partial charge in [-0.3, -0.25) is 4.79 Å². The van der Waals surface area contributed by atoms with Crippen molar-refractivity contribution in [1.82, 2.24) is 0 Å². The first kappa shape index (κ1) is 14.8. The molecule has 2 rings (SSSR count). The summed E-state index contributed by atoms with van der Waals surface area (Å²) < 4.78 is 39.3. The zero-order chi connectivity index (χ0) is 14.7. The van der Waals surface area contributed by atoms with Crippen molar-refractivity contribution in [3.8, 4) is 0 Å². The van der Waals surface area contributed by atoms with Crippen LogP contribution in [0.3, 0.4) is 0 Å². The Bertz CT molecular complexity index is 507. The number of carbonyl (C=O) groups is 1. The highest BCUT2D eigenvalue weighted by Gasteiger charge is 2.23. The number of rotatable bonds is 3. The van der Waals surface area contributed by atoms with Crippen LogP contribution >= 0.6 is 0 Å². The molecule has 110 valence electrons. The smallest absolute Gasteiger partial charge is 0.279 e. The number of piperidine rings is 1. The fourth-order valence-electron chi connectivity index (χ4n) is 2.60. The van der Waals surface area contributed by atoms with E-state index in [4.69, 9.17) is 0 Å². The van der Waals surface area contributed by atoms with E-state index in [-0.39, 0.29) is 18.1 Å². The molecule has 1 saturated heterocycles. The third kappa shape index (κ3) is 3.50. The molecular formula is C14H18F3N2O+. The minimum atomic E-state index is -1.57. The van der Waals surface area contributed by atoms with Gasteiger partial charge in [0.25, 0.3) is 5.91 Å². The van der Waals surface area contributed by atoms with Crippen LogP contribution in [0.5, 0.6) is 0 Å². The van der Waals surface area contributed by atoms with E-state index in [1.165, 1.54) is 0 Å². The zero-order valence-electron chi connectivity index (χ0n) is 11.3. The Labute approximate surface area is 115 Å². The van der Waals surface area contributed by atoms with E-state index in [0.717, 1.165) is 43.0 Å². The summed E-state index contributed by atoms with van der Waals surface area (Å²) in [5.74, 6) is -4.02. The van der Waals surface area contributed by atoms with E-state index in [1.807, 2.05) is 0 Å². The number of quaternary nitrogens is 1. The van der Waals surface area contributed by atoms with Gasteiger partial charge < -0.3 is 10.2 Å². The predicted molar refractivity (Wildman–Crippen MR) is 68.9 cm³/mol. The lowest BCUT2D eigenvalue weighted by Crippen LogP contribution is -3.14. The van der Waals surface area contributed by atoms with Gasteiger partial charge in [-0.25, -0.2) is 13.2 Å². The topological polar surface area (TPSA) is 33.5 Å². The van der Waals surface area contributed by atoms with Crippen molar-refractivity contribution < 1.29 is 22.9 Å². The van der Waals surface area contributed by atoms with Gasteiger partial charge in [0.2, 0.25) is 0 Å². The van der Waals surface area contributed by atoms with Gasteiger partial charge in [-0.15, -0.1) is 0 Å². The summed E-state index contributed by atoms with van der Waals surface area (Å²) >= 11 is 0. The molecule has 0 radical (unpaired) electrons. The second-order valence-electron chi connectivity index (χ2n) is 5.40. The molecule has 2 atom stereocenters. The lowest BCUT2D eigenvalue weighted by molar-refractivity contribution is -0.900. The number of benzene rings is 1. The molecule has 2 N–H and O–H groups in total. The molecule has 1 aliphatic rings. The highest BCUT2D eigenvalue weighted by molar-refractivity contribution is 5.91. The van der Waals surface area contributed by atoms with Gasteiger partial charge in [0, 0.05) is 5.92 Å². The first-order valence-corrected chi connectivity index (χ1v) is 6.74. The number of amides is 1. The van der Waals surface area contributed by atoms with E-state index in [0.29, 0.717) is 5.92 Å². The van der Waals surface area contributed by atoms with E-state index >= 15 is 0 Å². The Morgan fingerprint density at radius 2 is 2.10 bits per heavy atom. The number of halogens is 3. The maximum absolute atomic E-state index is 13.4. The molecule has 1 amide bonds. The molecule has 0 aromatic heterocycles. The summed E-state index contributed by atoms with van der Waals surface area (Å²) in [6.07, 6.45) is 2.21. The minimum Gasteiger partial charge on any atom is -0.327 e. The molecule has 1 aliphatic heterocycles. The number of anilines is 1. The summed E-state index contributed by atoms with van der Waals surface area (Å²) in [5, 5.41) is 2.30. The quantitative estimate of drug-likeness (QED) is 0.809. The number of nitrogens with one attached hydrogen (secondary N) is 2. The van der Waals surface area contributed by atoms with Crippen molar-refractivity contribution in [2.24, 2.45) is 5.92 Å². The minimum absolute atomic E-state index is 0.211. The Morgan fingerprint density at radius 3 is 2.80 bits per heavy atom. The van der Waals surface area contributed by atoms with Gasteiger partial charge in [-0.1, -0.05) is 6.92 Å². The summed E-state index contributed by atoms with van der Waals surface area (Å²) in [4.78, 5) is 12.9. The van der Waals surface area contributed by atoms with Crippen molar-refractivity contribution in [1.29, 1.82) is 0 Å². The Balaban J connectivity index is 1.96. The van der Waals surface area contributed by atoms with Gasteiger partial charge in [-0.2, -0.15) is 0 Å². The maximum atomic E-state index is 13.4. The van der Waals surface area contributed by atoms with Crippen molar-refractivity contribution in [3.63, 3.8) is 0 Å². The highest BCUT2D eigenvalue weighted by atomic mass is 19.2. The van der Waals surface area contributed by atoms with Crippen LogP contribution in [0, 0.1) is 23.4 Å². The van der Waals surface area contributed by atoms with Crippen molar-refractivity contribution in [3.05, 3.63) is 29.6 Å². The van der Waals surface area contributed by atoms with E-state index in [1.54, 1.807) is 0 Å². The van der Waals surface area contributed by atoms with Crippen LogP contribution in [0.4, 0.5) is 18.9 Å².